The monoisotopic (exact) mass is 180 g/mol. The van der Waals surface area contributed by atoms with Gasteiger partial charge in [0.05, 0.1) is 12.2 Å². The molecule has 0 aromatic carbocycles. The molecule has 0 fully saturated rings. The zero-order chi connectivity index (χ0) is 9.47. The van der Waals surface area contributed by atoms with Crippen LogP contribution in [0.15, 0.2) is 4.52 Å². The Hall–Kier alpha value is -0.830. The van der Waals surface area contributed by atoms with Crippen LogP contribution in [0, 0.1) is 0 Å². The van der Waals surface area contributed by atoms with Crippen LogP contribution in [0.2, 0.25) is 0 Å². The molecule has 0 saturated carbocycles. The van der Waals surface area contributed by atoms with Crippen LogP contribution in [0.1, 0.15) is 37.8 Å². The quantitative estimate of drug-likeness (QED) is 0.659. The summed E-state index contributed by atoms with van der Waals surface area (Å²) in [7, 11) is 0. The van der Waals surface area contributed by atoms with Crippen LogP contribution < -0.4 is 5.32 Å². The van der Waals surface area contributed by atoms with E-state index in [1.807, 2.05) is 0 Å². The average Bonchev–Trinajstić information content (AvgIpc) is 2.45. The SMILES string of the molecule is CC(C)(C)c1noc2c1CCNC2. The first-order valence-electron chi connectivity index (χ1n) is 4.77. The number of nitrogens with one attached hydrogen (secondary N) is 1. The van der Waals surface area contributed by atoms with E-state index in [4.69, 9.17) is 4.52 Å². The first kappa shape index (κ1) is 8.75. The molecule has 3 nitrogen and oxygen atoms in total. The Morgan fingerprint density at radius 1 is 1.38 bits per heavy atom. The smallest absolute Gasteiger partial charge is 0.153 e. The molecule has 0 spiro atoms. The van der Waals surface area contributed by atoms with E-state index >= 15 is 0 Å². The van der Waals surface area contributed by atoms with Gasteiger partial charge in [-0.3, -0.25) is 0 Å². The predicted molar refractivity (Wildman–Crippen MR) is 50.6 cm³/mol. The Balaban J connectivity index is 2.43. The van der Waals surface area contributed by atoms with Gasteiger partial charge in [0.25, 0.3) is 0 Å². The second-order valence-corrected chi connectivity index (χ2v) is 4.61. The summed E-state index contributed by atoms with van der Waals surface area (Å²) in [6.07, 6.45) is 1.05. The maximum absolute atomic E-state index is 5.30. The highest BCUT2D eigenvalue weighted by Crippen LogP contribution is 2.28. The van der Waals surface area contributed by atoms with Gasteiger partial charge in [-0.05, 0) is 13.0 Å². The van der Waals surface area contributed by atoms with Crippen molar-refractivity contribution < 1.29 is 4.52 Å². The highest BCUT2D eigenvalue weighted by atomic mass is 16.5. The Kier molecular flexibility index (Phi) is 1.91. The minimum atomic E-state index is 0.106. The number of aromatic nitrogens is 1. The number of fused-ring (bicyclic) bond motifs is 1. The molecule has 0 atom stereocenters. The van der Waals surface area contributed by atoms with Gasteiger partial charge in [0.2, 0.25) is 0 Å². The summed E-state index contributed by atoms with van der Waals surface area (Å²) >= 11 is 0. The second-order valence-electron chi connectivity index (χ2n) is 4.61. The molecule has 1 aliphatic rings. The molecule has 1 aliphatic heterocycles. The first-order valence-corrected chi connectivity index (χ1v) is 4.77. The number of nitrogens with zero attached hydrogens (tertiary/aromatic N) is 1. The van der Waals surface area contributed by atoms with E-state index in [1.54, 1.807) is 0 Å². The molecule has 2 rings (SSSR count). The number of hydrogen-bond donors (Lipinski definition) is 1. The molecule has 0 unspecified atom stereocenters. The third-order valence-electron chi connectivity index (χ3n) is 2.42. The fourth-order valence-corrected chi connectivity index (χ4v) is 1.74. The van der Waals surface area contributed by atoms with Gasteiger partial charge in [-0.2, -0.15) is 0 Å². The molecule has 0 saturated heterocycles. The van der Waals surface area contributed by atoms with Gasteiger partial charge in [0.15, 0.2) is 5.76 Å². The zero-order valence-electron chi connectivity index (χ0n) is 8.48. The molecule has 0 radical (unpaired) electrons. The van der Waals surface area contributed by atoms with E-state index in [-0.39, 0.29) is 5.41 Å². The molecule has 0 bridgehead atoms. The molecule has 0 aliphatic carbocycles. The lowest BCUT2D eigenvalue weighted by Crippen LogP contribution is -2.25. The van der Waals surface area contributed by atoms with Crippen molar-refractivity contribution in [1.82, 2.24) is 10.5 Å². The van der Waals surface area contributed by atoms with Gasteiger partial charge in [-0.15, -0.1) is 0 Å². The van der Waals surface area contributed by atoms with Gasteiger partial charge in [-0.1, -0.05) is 25.9 Å². The van der Waals surface area contributed by atoms with E-state index in [0.717, 1.165) is 31.0 Å². The molecule has 1 aromatic heterocycles. The highest BCUT2D eigenvalue weighted by molar-refractivity contribution is 5.30. The lowest BCUT2D eigenvalue weighted by Gasteiger charge is -2.18. The van der Waals surface area contributed by atoms with E-state index < -0.39 is 0 Å². The first-order chi connectivity index (χ1) is 6.09. The van der Waals surface area contributed by atoms with Crippen LogP contribution in [0.3, 0.4) is 0 Å². The summed E-state index contributed by atoms with van der Waals surface area (Å²) in [5.41, 5.74) is 2.56. The third-order valence-corrected chi connectivity index (χ3v) is 2.42. The van der Waals surface area contributed by atoms with E-state index in [1.165, 1.54) is 5.56 Å². The van der Waals surface area contributed by atoms with Gasteiger partial charge >= 0.3 is 0 Å². The fraction of sp³-hybridized carbons (Fsp3) is 0.700. The van der Waals surface area contributed by atoms with Crippen LogP contribution in [-0.2, 0) is 18.4 Å². The largest absolute Gasteiger partial charge is 0.359 e. The molecule has 1 N–H and O–H groups in total. The van der Waals surface area contributed by atoms with Gasteiger partial charge in [-0.25, -0.2) is 0 Å². The molecule has 3 heteroatoms. The van der Waals surface area contributed by atoms with Gasteiger partial charge in [0, 0.05) is 11.0 Å². The molecule has 1 aromatic rings. The standard InChI is InChI=1S/C10H16N2O/c1-10(2,3)9-7-4-5-11-6-8(7)13-12-9/h11H,4-6H2,1-3H3. The fourth-order valence-electron chi connectivity index (χ4n) is 1.74. The summed E-state index contributed by atoms with van der Waals surface area (Å²) in [5.74, 6) is 1.02. The van der Waals surface area contributed by atoms with Crippen molar-refractivity contribution in [3.8, 4) is 0 Å². The molecule has 72 valence electrons. The molecule has 0 amide bonds. The average molecular weight is 180 g/mol. The minimum absolute atomic E-state index is 0.106. The lowest BCUT2D eigenvalue weighted by atomic mass is 9.87. The normalized spacial score (nSPS) is 17.2. The van der Waals surface area contributed by atoms with Crippen LogP contribution in [0.5, 0.6) is 0 Å². The Labute approximate surface area is 78.5 Å². The van der Waals surface area contributed by atoms with Crippen LogP contribution in [0.25, 0.3) is 0 Å². The van der Waals surface area contributed by atoms with Crippen molar-refractivity contribution in [2.75, 3.05) is 6.54 Å². The Morgan fingerprint density at radius 2 is 2.15 bits per heavy atom. The third kappa shape index (κ3) is 1.48. The summed E-state index contributed by atoms with van der Waals surface area (Å²) in [6, 6.07) is 0. The van der Waals surface area contributed by atoms with Crippen molar-refractivity contribution in [3.63, 3.8) is 0 Å². The van der Waals surface area contributed by atoms with Gasteiger partial charge < -0.3 is 9.84 Å². The molecular weight excluding hydrogens is 164 g/mol. The lowest BCUT2D eigenvalue weighted by molar-refractivity contribution is 0.353. The van der Waals surface area contributed by atoms with Crippen molar-refractivity contribution in [1.29, 1.82) is 0 Å². The predicted octanol–water partition coefficient (Wildman–Crippen LogP) is 1.62. The maximum atomic E-state index is 5.30. The van der Waals surface area contributed by atoms with Gasteiger partial charge in [0.1, 0.15) is 0 Å². The second kappa shape index (κ2) is 2.84. The molecular formula is C10H16N2O. The highest BCUT2D eigenvalue weighted by Gasteiger charge is 2.26. The Bertz CT molecular complexity index is 309. The van der Waals surface area contributed by atoms with Crippen molar-refractivity contribution in [2.45, 2.75) is 39.2 Å². The van der Waals surface area contributed by atoms with E-state index in [2.05, 4.69) is 31.2 Å². The number of rotatable bonds is 0. The van der Waals surface area contributed by atoms with Crippen molar-refractivity contribution in [2.24, 2.45) is 0 Å². The van der Waals surface area contributed by atoms with Crippen LogP contribution in [-0.4, -0.2) is 11.7 Å². The summed E-state index contributed by atoms with van der Waals surface area (Å²) < 4.78 is 5.30. The Morgan fingerprint density at radius 3 is 2.85 bits per heavy atom. The van der Waals surface area contributed by atoms with Crippen molar-refractivity contribution in [3.05, 3.63) is 17.0 Å². The molecule has 2 heterocycles. The van der Waals surface area contributed by atoms with E-state index in [9.17, 15) is 0 Å². The van der Waals surface area contributed by atoms with Crippen molar-refractivity contribution >= 4 is 0 Å². The summed E-state index contributed by atoms with van der Waals surface area (Å²) in [6.45, 7) is 8.39. The maximum Gasteiger partial charge on any atom is 0.153 e. The van der Waals surface area contributed by atoms with Crippen LogP contribution >= 0.6 is 0 Å². The summed E-state index contributed by atoms with van der Waals surface area (Å²) in [4.78, 5) is 0. The molecule has 13 heavy (non-hydrogen) atoms. The summed E-state index contributed by atoms with van der Waals surface area (Å²) in [5, 5.41) is 7.43. The van der Waals surface area contributed by atoms with Crippen LogP contribution in [0.4, 0.5) is 0 Å². The topological polar surface area (TPSA) is 38.1 Å². The zero-order valence-corrected chi connectivity index (χ0v) is 8.48. The van der Waals surface area contributed by atoms with E-state index in [0.29, 0.717) is 0 Å². The minimum Gasteiger partial charge on any atom is -0.359 e. The number of hydrogen-bond acceptors (Lipinski definition) is 3.